The van der Waals surface area contributed by atoms with E-state index < -0.39 is 89.6 Å². The van der Waals surface area contributed by atoms with Crippen molar-refractivity contribution in [3.05, 3.63) is 53.3 Å². The molecule has 0 saturated carbocycles. The van der Waals surface area contributed by atoms with Gasteiger partial charge in [-0.1, -0.05) is 52.8 Å². The molecule has 0 radical (unpaired) electrons. The molecule has 3 heterocycles. The summed E-state index contributed by atoms with van der Waals surface area (Å²) in [5.74, 6) is -8.04. The van der Waals surface area contributed by atoms with Crippen molar-refractivity contribution in [1.29, 1.82) is 0 Å². The first-order valence-corrected chi connectivity index (χ1v) is 19.4. The fourth-order valence-electron chi connectivity index (χ4n) is 7.46. The number of amides is 2. The SMILES string of the molecule is CCCN(C)C(=O)COc1cc2c(O)c3c(O)c(C)c4c(c13)C(=O)C(C)(O/C=C/C(OC)C(C)C(OC(C)=O)C(C)C(O)C(C)C(O)C(C)/C=C/C=C(/C)C(=O)N2)O4. The van der Waals surface area contributed by atoms with E-state index in [-0.39, 0.29) is 50.6 Å². The fraction of sp³-hybridized carbons (Fsp3) is 0.535. The van der Waals surface area contributed by atoms with Crippen molar-refractivity contribution in [3.63, 3.8) is 0 Å². The lowest BCUT2D eigenvalue weighted by Gasteiger charge is -2.38. The van der Waals surface area contributed by atoms with Crippen molar-refractivity contribution in [3.8, 4) is 23.0 Å². The van der Waals surface area contributed by atoms with Crippen LogP contribution in [-0.4, -0.2) is 106 Å². The molecule has 15 nitrogen and oxygen atoms in total. The molecule has 58 heavy (non-hydrogen) atoms. The summed E-state index contributed by atoms with van der Waals surface area (Å²) in [4.78, 5) is 54.8. The number of nitrogens with one attached hydrogen (secondary N) is 1. The number of methoxy groups -OCH3 is 1. The molecule has 5 N–H and O–H groups in total. The fourth-order valence-corrected chi connectivity index (χ4v) is 7.46. The number of phenols is 2. The number of fused-ring (bicyclic) bond motifs is 14. The number of benzene rings is 2. The van der Waals surface area contributed by atoms with E-state index >= 15 is 0 Å². The summed E-state index contributed by atoms with van der Waals surface area (Å²) in [6.07, 6.45) is 4.29. The van der Waals surface area contributed by atoms with Crippen molar-refractivity contribution >= 4 is 40.0 Å². The van der Waals surface area contributed by atoms with Gasteiger partial charge in [0.05, 0.1) is 41.2 Å². The third kappa shape index (κ3) is 9.27. The van der Waals surface area contributed by atoms with Crippen LogP contribution in [0, 0.1) is 30.6 Å². The molecule has 0 aliphatic carbocycles. The standard InChI is InChI=1S/C43H58N2O13/c1-12-17-45(10)31(47)20-55-30-19-28-38(51)33-32(30)34-40(26(7)37(33)50)58-43(9,41(34)52)56-18-16-29(54-11)23(4)39(57-27(8)46)25(6)36(49)24(5)35(48)21(2)14-13-15-22(3)42(53)44-28/h13-16,18-19,21,23-25,29,35-36,39,48-51H,12,17,20H2,1-11H3,(H,44,53)/b14-13+,18-16+,22-15-. The van der Waals surface area contributed by atoms with Gasteiger partial charge in [0.15, 0.2) is 12.4 Å². The average Bonchev–Trinajstić information content (AvgIpc) is 3.44. The van der Waals surface area contributed by atoms with Crippen molar-refractivity contribution in [1.82, 2.24) is 4.90 Å². The minimum Gasteiger partial charge on any atom is -0.507 e. The quantitative estimate of drug-likeness (QED) is 0.178. The molecule has 2 aromatic carbocycles. The Morgan fingerprint density at radius 3 is 2.28 bits per heavy atom. The van der Waals surface area contributed by atoms with Gasteiger partial charge in [0.2, 0.25) is 0 Å². The van der Waals surface area contributed by atoms with E-state index in [1.54, 1.807) is 46.9 Å². The predicted molar refractivity (Wildman–Crippen MR) is 216 cm³/mol. The highest BCUT2D eigenvalue weighted by atomic mass is 16.7. The summed E-state index contributed by atoms with van der Waals surface area (Å²) in [6.45, 7) is 14.4. The number of hydrogen-bond acceptors (Lipinski definition) is 13. The van der Waals surface area contributed by atoms with E-state index in [1.165, 1.54) is 64.2 Å². The Labute approximate surface area is 339 Å². The van der Waals surface area contributed by atoms with Crippen LogP contribution in [0.15, 0.2) is 42.2 Å². The number of aliphatic hydroxyl groups is 2. The number of esters is 1. The van der Waals surface area contributed by atoms with E-state index in [0.29, 0.717) is 13.0 Å². The summed E-state index contributed by atoms with van der Waals surface area (Å²) < 4.78 is 29.6. The molecule has 0 aromatic heterocycles. The molecular formula is C43H58N2O13. The Hall–Kier alpha value is -5.12. The highest BCUT2D eigenvalue weighted by Gasteiger charge is 2.49. The van der Waals surface area contributed by atoms with Gasteiger partial charge in [-0.25, -0.2) is 0 Å². The van der Waals surface area contributed by atoms with Gasteiger partial charge in [-0.05, 0) is 26.3 Å². The second-order valence-electron chi connectivity index (χ2n) is 15.5. The number of carbonyl (C=O) groups excluding carboxylic acids is 4. The number of hydrogen-bond donors (Lipinski definition) is 5. The van der Waals surface area contributed by atoms with Crippen LogP contribution >= 0.6 is 0 Å². The number of ketones is 1. The molecule has 3 aliphatic heterocycles. The van der Waals surface area contributed by atoms with Gasteiger partial charge < -0.3 is 54.3 Å². The van der Waals surface area contributed by atoms with E-state index in [2.05, 4.69) is 5.32 Å². The van der Waals surface area contributed by atoms with Crippen LogP contribution in [0.5, 0.6) is 23.0 Å². The van der Waals surface area contributed by atoms with Crippen LogP contribution in [0.25, 0.3) is 10.8 Å². The summed E-state index contributed by atoms with van der Waals surface area (Å²) >= 11 is 0. The Morgan fingerprint density at radius 1 is 0.983 bits per heavy atom. The van der Waals surface area contributed by atoms with Gasteiger partial charge in [-0.2, -0.15) is 0 Å². The summed E-state index contributed by atoms with van der Waals surface area (Å²) in [5, 5.41) is 48.3. The number of likely N-dealkylation sites (N-methyl/N-ethyl adjacent to an activating group) is 1. The maximum atomic E-state index is 14.4. The van der Waals surface area contributed by atoms with Crippen molar-refractivity contribution in [2.45, 2.75) is 98.9 Å². The Kier molecular flexibility index (Phi) is 14.6. The third-order valence-corrected chi connectivity index (χ3v) is 11.2. The third-order valence-electron chi connectivity index (χ3n) is 11.2. The second-order valence-corrected chi connectivity index (χ2v) is 15.5. The Balaban J connectivity index is 1.93. The normalized spacial score (nSPS) is 30.1. The second kappa shape index (κ2) is 18.6. The van der Waals surface area contributed by atoms with Gasteiger partial charge in [-0.15, -0.1) is 0 Å². The van der Waals surface area contributed by atoms with Gasteiger partial charge in [0.25, 0.3) is 17.6 Å². The average molecular weight is 811 g/mol. The molecule has 2 aromatic rings. The maximum Gasteiger partial charge on any atom is 0.312 e. The first-order valence-electron chi connectivity index (χ1n) is 19.4. The molecule has 5 rings (SSSR count). The van der Waals surface area contributed by atoms with Crippen molar-refractivity contribution in [2.75, 3.05) is 32.6 Å². The monoisotopic (exact) mass is 810 g/mol. The number of allylic oxidation sites excluding steroid dienone is 2. The highest BCUT2D eigenvalue weighted by molar-refractivity contribution is 6.21. The van der Waals surface area contributed by atoms with E-state index in [4.69, 9.17) is 23.7 Å². The predicted octanol–water partition coefficient (Wildman–Crippen LogP) is 5.30. The number of anilines is 1. The molecule has 2 amide bonds. The first kappa shape index (κ1) is 45.6. The zero-order valence-corrected chi connectivity index (χ0v) is 35.1. The summed E-state index contributed by atoms with van der Waals surface area (Å²) in [7, 11) is 3.05. The zero-order chi connectivity index (χ0) is 43.4. The highest BCUT2D eigenvalue weighted by Crippen LogP contribution is 2.54. The molecule has 9 atom stereocenters. The molecule has 9 unspecified atom stereocenters. The lowest BCUT2D eigenvalue weighted by atomic mass is 9.78. The summed E-state index contributed by atoms with van der Waals surface area (Å²) in [5.41, 5.74) is -0.0111. The molecule has 3 aliphatic rings. The molecular weight excluding hydrogens is 752 g/mol. The minimum atomic E-state index is -2.02. The Morgan fingerprint density at radius 2 is 1.66 bits per heavy atom. The van der Waals surface area contributed by atoms with Crippen LogP contribution in [-0.2, 0) is 28.6 Å². The number of phenolic OH excluding ortho intramolecular Hbond substituents is 2. The lowest BCUT2D eigenvalue weighted by Crippen LogP contribution is -2.46. The lowest BCUT2D eigenvalue weighted by molar-refractivity contribution is -0.160. The molecule has 5 bridgehead atoms. The topological polar surface area (TPSA) is 211 Å². The maximum absolute atomic E-state index is 14.4. The number of nitrogens with zero attached hydrogens (tertiary/aromatic N) is 1. The molecule has 15 heteroatoms. The van der Waals surface area contributed by atoms with Crippen molar-refractivity contribution < 1.29 is 63.3 Å². The van der Waals surface area contributed by atoms with E-state index in [1.807, 2.05) is 6.92 Å². The first-order chi connectivity index (χ1) is 27.2. The smallest absolute Gasteiger partial charge is 0.312 e. The number of aliphatic hydroxyl groups excluding tert-OH is 2. The number of Topliss-reactive ketones (excluding diaryl/α,β-unsaturated/α-hetero) is 1. The van der Waals surface area contributed by atoms with Crippen LogP contribution in [0.2, 0.25) is 0 Å². The van der Waals surface area contributed by atoms with Crippen LogP contribution < -0.4 is 14.8 Å². The van der Waals surface area contributed by atoms with Crippen LogP contribution in [0.4, 0.5) is 5.69 Å². The van der Waals surface area contributed by atoms with Gasteiger partial charge in [-0.3, -0.25) is 19.2 Å². The van der Waals surface area contributed by atoms with E-state index in [0.717, 1.165) is 0 Å². The zero-order valence-electron chi connectivity index (χ0n) is 35.1. The number of rotatable bonds is 7. The van der Waals surface area contributed by atoms with Gasteiger partial charge in [0.1, 0.15) is 23.4 Å². The van der Waals surface area contributed by atoms with Crippen LogP contribution in [0.1, 0.15) is 77.7 Å². The molecule has 0 saturated heterocycles. The summed E-state index contributed by atoms with van der Waals surface area (Å²) in [6, 6.07) is 1.26. The van der Waals surface area contributed by atoms with Gasteiger partial charge >= 0.3 is 11.8 Å². The molecule has 0 spiro atoms. The van der Waals surface area contributed by atoms with Gasteiger partial charge in [0, 0.05) is 80.8 Å². The Bertz CT molecular complexity index is 1990. The van der Waals surface area contributed by atoms with Crippen LogP contribution in [0.3, 0.4) is 0 Å². The number of ether oxygens (including phenoxy) is 5. The number of aromatic hydroxyl groups is 2. The largest absolute Gasteiger partial charge is 0.507 e. The minimum absolute atomic E-state index is 0.0580. The molecule has 318 valence electrons. The number of carbonyl (C=O) groups is 4. The molecule has 0 fully saturated rings. The van der Waals surface area contributed by atoms with E-state index in [9.17, 15) is 39.6 Å². The van der Waals surface area contributed by atoms with Crippen molar-refractivity contribution in [2.24, 2.45) is 23.7 Å².